The minimum atomic E-state index is 0.414. The molecular weight excluding hydrogens is 382 g/mol. The number of rotatable bonds is 6. The third-order valence-electron chi connectivity index (χ3n) is 4.70. The number of aromatic nitrogens is 1. The van der Waals surface area contributed by atoms with Crippen LogP contribution in [0.5, 0.6) is 5.75 Å². The van der Waals surface area contributed by atoms with Crippen LogP contribution in [0.2, 0.25) is 5.02 Å². The summed E-state index contributed by atoms with van der Waals surface area (Å²) < 4.78 is 5.15. The molecule has 1 saturated heterocycles. The van der Waals surface area contributed by atoms with Crippen molar-refractivity contribution in [3.63, 3.8) is 0 Å². The maximum atomic E-state index is 6.13. The predicted octanol–water partition coefficient (Wildman–Crippen LogP) is 3.75. The normalized spacial score (nSPS) is 16.5. The van der Waals surface area contributed by atoms with E-state index in [1.807, 2.05) is 6.07 Å². The Morgan fingerprint density at radius 3 is 2.85 bits per heavy atom. The van der Waals surface area contributed by atoms with E-state index in [0.29, 0.717) is 22.6 Å². The van der Waals surface area contributed by atoms with Crippen LogP contribution in [0.1, 0.15) is 23.5 Å². The molecule has 3 N–H and O–H groups in total. The molecule has 6 nitrogen and oxygen atoms in total. The third kappa shape index (κ3) is 5.82. The van der Waals surface area contributed by atoms with Gasteiger partial charge in [0.05, 0.1) is 22.8 Å². The van der Waals surface area contributed by atoms with Crippen molar-refractivity contribution in [1.82, 2.24) is 9.88 Å². The highest BCUT2D eigenvalue weighted by Gasteiger charge is 2.19. The van der Waals surface area contributed by atoms with Crippen LogP contribution in [0.3, 0.4) is 0 Å². The van der Waals surface area contributed by atoms with Crippen LogP contribution in [0, 0.1) is 12.8 Å². The highest BCUT2D eigenvalue weighted by Crippen LogP contribution is 2.27. The van der Waals surface area contributed by atoms with Gasteiger partial charge in [0.25, 0.3) is 0 Å². The van der Waals surface area contributed by atoms with Gasteiger partial charge in [-0.3, -0.25) is 9.89 Å². The molecule has 3 rings (SSSR count). The van der Waals surface area contributed by atoms with Crippen molar-refractivity contribution in [2.45, 2.75) is 26.3 Å². The molecule has 2 heterocycles. The van der Waals surface area contributed by atoms with Crippen LogP contribution < -0.4 is 15.8 Å². The van der Waals surface area contributed by atoms with Crippen molar-refractivity contribution >= 4 is 34.6 Å². The number of benzene rings is 1. The van der Waals surface area contributed by atoms with E-state index in [9.17, 15) is 0 Å². The molecule has 1 aliphatic rings. The first kappa shape index (κ1) is 19.9. The molecule has 1 aromatic carbocycles. The fourth-order valence-corrected chi connectivity index (χ4v) is 4.06. The van der Waals surface area contributed by atoms with Gasteiger partial charge in [-0.05, 0) is 57.0 Å². The second-order valence-electron chi connectivity index (χ2n) is 6.78. The highest BCUT2D eigenvalue weighted by atomic mass is 35.5. The summed E-state index contributed by atoms with van der Waals surface area (Å²) in [5.41, 5.74) is 8.00. The average molecular weight is 408 g/mol. The molecule has 0 atom stereocenters. The molecule has 1 aromatic heterocycles. The highest BCUT2D eigenvalue weighted by molar-refractivity contribution is 7.09. The number of hydrogen-bond acceptors (Lipinski definition) is 5. The molecule has 0 radical (unpaired) electrons. The minimum Gasteiger partial charge on any atom is -0.495 e. The van der Waals surface area contributed by atoms with Crippen molar-refractivity contribution in [1.29, 1.82) is 0 Å². The fourth-order valence-electron chi connectivity index (χ4n) is 3.20. The lowest BCUT2D eigenvalue weighted by molar-refractivity contribution is 0.179. The number of anilines is 1. The van der Waals surface area contributed by atoms with Crippen molar-refractivity contribution in [2.24, 2.45) is 16.6 Å². The molecule has 2 aromatic rings. The number of nitrogens with two attached hydrogens (primary N) is 1. The maximum absolute atomic E-state index is 6.13. The topological polar surface area (TPSA) is 75.8 Å². The molecule has 146 valence electrons. The Balaban J connectivity index is 1.43. The standard InChI is InChI=1S/C19H26ClN5OS/c1-13-23-16(12-27-13)11-25-7-5-14(6-8-25)10-22-19(21)24-15-3-4-18(26-2)17(20)9-15/h3-4,9,12,14H,5-8,10-11H2,1-2H3,(H3,21,22,24). The monoisotopic (exact) mass is 407 g/mol. The van der Waals surface area contributed by atoms with Crippen LogP contribution >= 0.6 is 22.9 Å². The van der Waals surface area contributed by atoms with Gasteiger partial charge in [-0.1, -0.05) is 11.6 Å². The minimum absolute atomic E-state index is 0.414. The van der Waals surface area contributed by atoms with E-state index in [-0.39, 0.29) is 0 Å². The van der Waals surface area contributed by atoms with Crippen LogP contribution in [0.25, 0.3) is 0 Å². The van der Waals surface area contributed by atoms with Gasteiger partial charge in [-0.2, -0.15) is 0 Å². The Morgan fingerprint density at radius 1 is 1.44 bits per heavy atom. The summed E-state index contributed by atoms with van der Waals surface area (Å²) >= 11 is 7.85. The summed E-state index contributed by atoms with van der Waals surface area (Å²) in [5.74, 6) is 1.62. The lowest BCUT2D eigenvalue weighted by atomic mass is 9.97. The molecule has 0 spiro atoms. The number of piperidine rings is 1. The van der Waals surface area contributed by atoms with E-state index in [1.54, 1.807) is 30.6 Å². The summed E-state index contributed by atoms with van der Waals surface area (Å²) in [4.78, 5) is 11.5. The second kappa shape index (κ2) is 9.39. The van der Waals surface area contributed by atoms with E-state index in [0.717, 1.165) is 49.7 Å². The lowest BCUT2D eigenvalue weighted by Crippen LogP contribution is -2.34. The molecule has 0 unspecified atom stereocenters. The number of likely N-dealkylation sites (tertiary alicyclic amines) is 1. The molecule has 0 bridgehead atoms. The number of thiazole rings is 1. The molecule has 0 amide bonds. The van der Waals surface area contributed by atoms with Gasteiger partial charge in [-0.15, -0.1) is 11.3 Å². The zero-order valence-corrected chi connectivity index (χ0v) is 17.3. The van der Waals surface area contributed by atoms with E-state index >= 15 is 0 Å². The maximum Gasteiger partial charge on any atom is 0.193 e. The summed E-state index contributed by atoms with van der Waals surface area (Å²) in [6.45, 7) is 5.90. The lowest BCUT2D eigenvalue weighted by Gasteiger charge is -2.30. The number of ether oxygens (including phenoxy) is 1. The van der Waals surface area contributed by atoms with Gasteiger partial charge in [0.1, 0.15) is 5.75 Å². The molecule has 1 fully saturated rings. The van der Waals surface area contributed by atoms with Crippen molar-refractivity contribution in [3.05, 3.63) is 39.3 Å². The van der Waals surface area contributed by atoms with Crippen molar-refractivity contribution in [3.8, 4) is 5.75 Å². The van der Waals surface area contributed by atoms with E-state index in [4.69, 9.17) is 22.1 Å². The summed E-state index contributed by atoms with van der Waals surface area (Å²) in [6, 6.07) is 5.45. The van der Waals surface area contributed by atoms with E-state index in [1.165, 1.54) is 5.69 Å². The number of halogens is 1. The molecule has 1 aliphatic heterocycles. The van der Waals surface area contributed by atoms with Gasteiger partial charge in [-0.25, -0.2) is 4.98 Å². The average Bonchev–Trinajstić information content (AvgIpc) is 3.06. The third-order valence-corrected chi connectivity index (χ3v) is 5.82. The van der Waals surface area contributed by atoms with E-state index in [2.05, 4.69) is 32.5 Å². The van der Waals surface area contributed by atoms with E-state index < -0.39 is 0 Å². The van der Waals surface area contributed by atoms with Gasteiger partial charge in [0.2, 0.25) is 0 Å². The van der Waals surface area contributed by atoms with Gasteiger partial charge < -0.3 is 15.8 Å². The fraction of sp³-hybridized carbons (Fsp3) is 0.474. The Kier molecular flexibility index (Phi) is 6.93. The number of aliphatic imine (C=N–C) groups is 1. The number of nitrogens with zero attached hydrogens (tertiary/aromatic N) is 3. The second-order valence-corrected chi connectivity index (χ2v) is 8.25. The summed E-state index contributed by atoms with van der Waals surface area (Å²) in [5, 5.41) is 6.92. The van der Waals surface area contributed by atoms with Crippen LogP contribution in [-0.4, -0.2) is 42.6 Å². The number of nitrogens with one attached hydrogen (secondary N) is 1. The van der Waals surface area contributed by atoms with Gasteiger partial charge >= 0.3 is 0 Å². The number of aryl methyl sites for hydroxylation is 1. The molecule has 0 aliphatic carbocycles. The SMILES string of the molecule is COc1ccc(NC(N)=NCC2CCN(Cc3csc(C)n3)CC2)cc1Cl. The Labute approximate surface area is 169 Å². The summed E-state index contributed by atoms with van der Waals surface area (Å²) in [7, 11) is 1.59. The first-order valence-electron chi connectivity index (χ1n) is 9.07. The smallest absolute Gasteiger partial charge is 0.193 e. The number of hydrogen-bond donors (Lipinski definition) is 2. The largest absolute Gasteiger partial charge is 0.495 e. The van der Waals surface area contributed by atoms with Crippen molar-refractivity contribution in [2.75, 3.05) is 32.1 Å². The van der Waals surface area contributed by atoms with Gasteiger partial charge in [0.15, 0.2) is 5.96 Å². The Morgan fingerprint density at radius 2 is 2.22 bits per heavy atom. The van der Waals surface area contributed by atoms with Gasteiger partial charge in [0, 0.05) is 24.2 Å². The first-order valence-corrected chi connectivity index (χ1v) is 10.3. The predicted molar refractivity (Wildman–Crippen MR) is 113 cm³/mol. The molecule has 0 saturated carbocycles. The number of methoxy groups -OCH3 is 1. The van der Waals surface area contributed by atoms with Crippen molar-refractivity contribution < 1.29 is 4.74 Å². The summed E-state index contributed by atoms with van der Waals surface area (Å²) in [6.07, 6.45) is 2.27. The zero-order chi connectivity index (χ0) is 19.2. The number of guanidine groups is 1. The van der Waals surface area contributed by atoms with Crippen LogP contribution in [0.4, 0.5) is 5.69 Å². The zero-order valence-electron chi connectivity index (χ0n) is 15.7. The Hall–Kier alpha value is -1.83. The quantitative estimate of drug-likeness (QED) is 0.563. The Bertz CT molecular complexity index is 786. The molecular formula is C19H26ClN5OS. The molecule has 27 heavy (non-hydrogen) atoms. The van der Waals surface area contributed by atoms with Crippen LogP contribution in [-0.2, 0) is 6.54 Å². The first-order chi connectivity index (χ1) is 13.0. The molecule has 8 heteroatoms. The van der Waals surface area contributed by atoms with Crippen LogP contribution in [0.15, 0.2) is 28.6 Å².